The van der Waals surface area contributed by atoms with Gasteiger partial charge in [0.15, 0.2) is 5.60 Å². The van der Waals surface area contributed by atoms with Crippen LogP contribution in [0.2, 0.25) is 5.02 Å². The molecule has 0 fully saturated rings. The van der Waals surface area contributed by atoms with E-state index in [-0.39, 0.29) is 17.9 Å². The van der Waals surface area contributed by atoms with Gasteiger partial charge in [-0.3, -0.25) is 4.79 Å². The topological polar surface area (TPSA) is 38.3 Å². The number of aryl methyl sites for hydroxylation is 1. The molecule has 31 heavy (non-hydrogen) atoms. The van der Waals surface area contributed by atoms with E-state index in [1.807, 2.05) is 18.2 Å². The van der Waals surface area contributed by atoms with Crippen molar-refractivity contribution in [2.24, 2.45) is 0 Å². The predicted molar refractivity (Wildman–Crippen MR) is 128 cm³/mol. The number of rotatable bonds is 8. The normalized spacial score (nSPS) is 13.3. The molecule has 0 aliphatic heterocycles. The highest BCUT2D eigenvalue weighted by atomic mass is 35.5. The molecule has 0 saturated carbocycles. The lowest BCUT2D eigenvalue weighted by atomic mass is 9.86. The van der Waals surface area contributed by atoms with Crippen molar-refractivity contribution in [1.29, 1.82) is 0 Å². The van der Waals surface area contributed by atoms with Crippen LogP contribution in [0.25, 0.3) is 0 Å². The number of carbonyl (C=O) groups excluding carboxylic acids is 1. The van der Waals surface area contributed by atoms with Gasteiger partial charge in [0.25, 0.3) is 5.91 Å². The number of hydrogen-bond donors (Lipinski definition) is 1. The third kappa shape index (κ3) is 6.35. The second kappa shape index (κ2) is 10.0. The van der Waals surface area contributed by atoms with Gasteiger partial charge in [-0.25, -0.2) is 0 Å². The number of benzene rings is 3. The molecule has 3 nitrogen and oxygen atoms in total. The van der Waals surface area contributed by atoms with Crippen LogP contribution in [0.3, 0.4) is 0 Å². The van der Waals surface area contributed by atoms with Gasteiger partial charge in [0.2, 0.25) is 0 Å². The van der Waals surface area contributed by atoms with Gasteiger partial charge in [-0.2, -0.15) is 0 Å². The maximum atomic E-state index is 13.1. The van der Waals surface area contributed by atoms with Crippen LogP contribution in [0.15, 0.2) is 78.9 Å². The zero-order valence-electron chi connectivity index (χ0n) is 18.6. The molecular weight excluding hydrogens is 406 g/mol. The zero-order chi connectivity index (χ0) is 22.4. The molecule has 0 spiro atoms. The van der Waals surface area contributed by atoms with E-state index in [1.54, 1.807) is 38.1 Å². The molecule has 2 atom stereocenters. The molecular formula is C27H30ClNO2. The molecule has 2 unspecified atom stereocenters. The van der Waals surface area contributed by atoms with Crippen LogP contribution in [0.1, 0.15) is 43.4 Å². The van der Waals surface area contributed by atoms with E-state index in [0.717, 1.165) is 6.42 Å². The van der Waals surface area contributed by atoms with Gasteiger partial charge in [-0.1, -0.05) is 71.8 Å². The highest BCUT2D eigenvalue weighted by Crippen LogP contribution is 2.26. The molecule has 3 aromatic carbocycles. The zero-order valence-corrected chi connectivity index (χ0v) is 19.3. The van der Waals surface area contributed by atoms with Crippen LogP contribution >= 0.6 is 11.6 Å². The first-order chi connectivity index (χ1) is 14.7. The molecule has 1 amide bonds. The minimum atomic E-state index is -1.02. The van der Waals surface area contributed by atoms with E-state index >= 15 is 0 Å². The average Bonchev–Trinajstić information content (AvgIpc) is 2.75. The molecule has 0 aliphatic carbocycles. The first-order valence-electron chi connectivity index (χ1n) is 10.6. The lowest BCUT2D eigenvalue weighted by Gasteiger charge is -2.31. The van der Waals surface area contributed by atoms with Gasteiger partial charge >= 0.3 is 0 Å². The number of hydrogen-bond acceptors (Lipinski definition) is 2. The van der Waals surface area contributed by atoms with Crippen LogP contribution in [0.5, 0.6) is 5.75 Å². The first-order valence-corrected chi connectivity index (χ1v) is 11.0. The van der Waals surface area contributed by atoms with Gasteiger partial charge in [0, 0.05) is 17.0 Å². The van der Waals surface area contributed by atoms with E-state index in [9.17, 15) is 4.79 Å². The molecule has 162 valence electrons. The van der Waals surface area contributed by atoms with Crippen molar-refractivity contribution in [2.75, 3.05) is 0 Å². The largest absolute Gasteiger partial charge is 0.478 e. The summed E-state index contributed by atoms with van der Waals surface area (Å²) in [5.74, 6) is 0.593. The van der Waals surface area contributed by atoms with Gasteiger partial charge in [0.05, 0.1) is 0 Å². The Morgan fingerprint density at radius 1 is 0.968 bits per heavy atom. The SMILES string of the molecule is Cc1ccc(CC(c2ccccc2)C(C)NC(=O)C(C)(C)Oc2ccc(Cl)cc2)cc1. The number of carbonyl (C=O) groups is 1. The number of halogens is 1. The maximum Gasteiger partial charge on any atom is 0.263 e. The summed E-state index contributed by atoms with van der Waals surface area (Å²) < 4.78 is 5.97. The van der Waals surface area contributed by atoms with E-state index in [1.165, 1.54) is 16.7 Å². The van der Waals surface area contributed by atoms with Gasteiger partial charge in [-0.05, 0) is 69.5 Å². The van der Waals surface area contributed by atoms with Crippen molar-refractivity contribution in [2.45, 2.75) is 51.7 Å². The lowest BCUT2D eigenvalue weighted by Crippen LogP contribution is -2.51. The van der Waals surface area contributed by atoms with Gasteiger partial charge < -0.3 is 10.1 Å². The second-order valence-electron chi connectivity index (χ2n) is 8.54. The molecule has 0 saturated heterocycles. The Bertz CT molecular complexity index is 982. The summed E-state index contributed by atoms with van der Waals surface area (Å²) in [7, 11) is 0. The van der Waals surface area contributed by atoms with E-state index in [4.69, 9.17) is 16.3 Å². The summed E-state index contributed by atoms with van der Waals surface area (Å²) in [6.07, 6.45) is 0.838. The molecule has 0 heterocycles. The van der Waals surface area contributed by atoms with Gasteiger partial charge in [0.1, 0.15) is 5.75 Å². The summed E-state index contributed by atoms with van der Waals surface area (Å²) >= 11 is 5.95. The quantitative estimate of drug-likeness (QED) is 0.448. The van der Waals surface area contributed by atoms with E-state index in [0.29, 0.717) is 10.8 Å². The van der Waals surface area contributed by atoms with Gasteiger partial charge in [-0.15, -0.1) is 0 Å². The standard InChI is InChI=1S/C27H30ClNO2/c1-19-10-12-21(13-11-19)18-25(22-8-6-5-7-9-22)20(2)29-26(30)27(3,4)31-24-16-14-23(28)15-17-24/h5-17,20,25H,18H2,1-4H3,(H,29,30). The summed E-state index contributed by atoms with van der Waals surface area (Å²) in [6, 6.07) is 25.9. The molecule has 3 aromatic rings. The third-order valence-electron chi connectivity index (χ3n) is 5.50. The Balaban J connectivity index is 1.75. The summed E-state index contributed by atoms with van der Waals surface area (Å²) in [6.45, 7) is 7.70. The summed E-state index contributed by atoms with van der Waals surface area (Å²) in [4.78, 5) is 13.1. The highest BCUT2D eigenvalue weighted by molar-refractivity contribution is 6.30. The van der Waals surface area contributed by atoms with Crippen molar-refractivity contribution in [3.8, 4) is 5.75 Å². The summed E-state index contributed by atoms with van der Waals surface area (Å²) in [5.41, 5.74) is 2.67. The molecule has 1 N–H and O–H groups in total. The number of amides is 1. The molecule has 0 radical (unpaired) electrons. The Hall–Kier alpha value is -2.78. The fraction of sp³-hybridized carbons (Fsp3) is 0.296. The summed E-state index contributed by atoms with van der Waals surface area (Å²) in [5, 5.41) is 3.82. The van der Waals surface area contributed by atoms with Crippen molar-refractivity contribution in [3.63, 3.8) is 0 Å². The Morgan fingerprint density at radius 2 is 1.58 bits per heavy atom. The highest BCUT2D eigenvalue weighted by Gasteiger charge is 2.32. The molecule has 0 aliphatic rings. The number of nitrogens with one attached hydrogen (secondary N) is 1. The number of ether oxygens (including phenoxy) is 1. The van der Waals surface area contributed by atoms with Crippen LogP contribution in [0, 0.1) is 6.92 Å². The maximum absolute atomic E-state index is 13.1. The Labute approximate surface area is 190 Å². The van der Waals surface area contributed by atoms with E-state index in [2.05, 4.69) is 55.6 Å². The molecule has 4 heteroatoms. The van der Waals surface area contributed by atoms with Crippen molar-refractivity contribution >= 4 is 17.5 Å². The Morgan fingerprint density at radius 3 is 2.19 bits per heavy atom. The average molecular weight is 436 g/mol. The fourth-order valence-electron chi connectivity index (χ4n) is 3.59. The minimum Gasteiger partial charge on any atom is -0.478 e. The Kier molecular flexibility index (Phi) is 7.40. The monoisotopic (exact) mass is 435 g/mol. The smallest absolute Gasteiger partial charge is 0.263 e. The lowest BCUT2D eigenvalue weighted by molar-refractivity contribution is -0.135. The van der Waals surface area contributed by atoms with Crippen molar-refractivity contribution in [3.05, 3.63) is 101 Å². The first kappa shape index (κ1) is 22.9. The third-order valence-corrected chi connectivity index (χ3v) is 5.75. The molecule has 0 bridgehead atoms. The molecule has 0 aromatic heterocycles. The van der Waals surface area contributed by atoms with Crippen molar-refractivity contribution in [1.82, 2.24) is 5.32 Å². The van der Waals surface area contributed by atoms with Crippen LogP contribution in [-0.4, -0.2) is 17.6 Å². The van der Waals surface area contributed by atoms with Crippen LogP contribution in [0.4, 0.5) is 0 Å². The minimum absolute atomic E-state index is 0.0794. The van der Waals surface area contributed by atoms with Crippen LogP contribution in [-0.2, 0) is 11.2 Å². The fourth-order valence-corrected chi connectivity index (χ4v) is 3.71. The molecule has 3 rings (SSSR count). The van der Waals surface area contributed by atoms with E-state index < -0.39 is 5.60 Å². The second-order valence-corrected chi connectivity index (χ2v) is 8.97. The van der Waals surface area contributed by atoms with Crippen molar-refractivity contribution < 1.29 is 9.53 Å². The predicted octanol–water partition coefficient (Wildman–Crippen LogP) is 6.34. The van der Waals surface area contributed by atoms with Crippen LogP contribution < -0.4 is 10.1 Å².